The molecule has 1 aromatic carbocycles. The van der Waals surface area contributed by atoms with Crippen molar-refractivity contribution in [3.05, 3.63) is 29.3 Å². The maximum atomic E-state index is 11.9. The highest BCUT2D eigenvalue weighted by molar-refractivity contribution is 5.90. The SMILES string of the molecule is CC(CCO)CNC(=O)Nc1cccc2c1CCCC2. The number of urea groups is 1. The van der Waals surface area contributed by atoms with E-state index in [1.807, 2.05) is 19.1 Å². The van der Waals surface area contributed by atoms with Crippen LogP contribution in [0.25, 0.3) is 0 Å². The first-order valence-electron chi connectivity index (χ1n) is 7.47. The molecule has 2 amide bonds. The Balaban J connectivity index is 1.91. The predicted molar refractivity (Wildman–Crippen MR) is 81.0 cm³/mol. The average Bonchev–Trinajstić information content (AvgIpc) is 2.46. The summed E-state index contributed by atoms with van der Waals surface area (Å²) in [4.78, 5) is 11.9. The van der Waals surface area contributed by atoms with E-state index in [-0.39, 0.29) is 18.6 Å². The van der Waals surface area contributed by atoms with Gasteiger partial charge in [0.25, 0.3) is 0 Å². The number of aryl methyl sites for hydroxylation is 1. The molecule has 1 atom stereocenters. The molecule has 1 aromatic rings. The number of aliphatic hydroxyl groups excluding tert-OH is 1. The number of hydrogen-bond donors (Lipinski definition) is 3. The van der Waals surface area contributed by atoms with E-state index in [1.54, 1.807) is 0 Å². The summed E-state index contributed by atoms with van der Waals surface area (Å²) in [6, 6.07) is 5.98. The van der Waals surface area contributed by atoms with Crippen LogP contribution in [-0.4, -0.2) is 24.3 Å². The second-order valence-electron chi connectivity index (χ2n) is 5.60. The highest BCUT2D eigenvalue weighted by Crippen LogP contribution is 2.27. The van der Waals surface area contributed by atoms with Gasteiger partial charge in [0.15, 0.2) is 0 Å². The van der Waals surface area contributed by atoms with Crippen molar-refractivity contribution in [2.45, 2.75) is 39.0 Å². The molecule has 0 aromatic heterocycles. The second kappa shape index (κ2) is 7.29. The molecule has 1 aliphatic rings. The van der Waals surface area contributed by atoms with E-state index in [1.165, 1.54) is 24.0 Å². The lowest BCUT2D eigenvalue weighted by molar-refractivity contribution is 0.243. The van der Waals surface area contributed by atoms with Gasteiger partial charge in [-0.25, -0.2) is 4.79 Å². The predicted octanol–water partition coefficient (Wildman–Crippen LogP) is 2.71. The molecule has 0 radical (unpaired) electrons. The zero-order valence-corrected chi connectivity index (χ0v) is 12.1. The Hall–Kier alpha value is -1.55. The van der Waals surface area contributed by atoms with Gasteiger partial charge in [0.2, 0.25) is 0 Å². The summed E-state index contributed by atoms with van der Waals surface area (Å²) in [5.74, 6) is 0.287. The molecule has 0 spiro atoms. The molecule has 1 unspecified atom stereocenters. The second-order valence-corrected chi connectivity index (χ2v) is 5.60. The molecular formula is C16H24N2O2. The summed E-state index contributed by atoms with van der Waals surface area (Å²) in [5, 5.41) is 14.7. The van der Waals surface area contributed by atoms with Crippen LogP contribution >= 0.6 is 0 Å². The Bertz CT molecular complexity index is 460. The molecular weight excluding hydrogens is 252 g/mol. The Morgan fingerprint density at radius 2 is 2.15 bits per heavy atom. The van der Waals surface area contributed by atoms with Crippen LogP contribution in [0.3, 0.4) is 0 Å². The number of hydrogen-bond acceptors (Lipinski definition) is 2. The molecule has 3 N–H and O–H groups in total. The highest BCUT2D eigenvalue weighted by atomic mass is 16.3. The van der Waals surface area contributed by atoms with E-state index in [9.17, 15) is 4.79 Å². The van der Waals surface area contributed by atoms with E-state index >= 15 is 0 Å². The summed E-state index contributed by atoms with van der Waals surface area (Å²) in [6.45, 7) is 2.76. The van der Waals surface area contributed by atoms with Gasteiger partial charge in [-0.1, -0.05) is 19.1 Å². The summed E-state index contributed by atoms with van der Waals surface area (Å²) >= 11 is 0. The Morgan fingerprint density at radius 3 is 2.95 bits per heavy atom. The van der Waals surface area contributed by atoms with E-state index in [0.29, 0.717) is 13.0 Å². The van der Waals surface area contributed by atoms with Crippen molar-refractivity contribution in [3.63, 3.8) is 0 Å². The zero-order valence-electron chi connectivity index (χ0n) is 12.1. The fourth-order valence-electron chi connectivity index (χ4n) is 2.65. The van der Waals surface area contributed by atoms with Crippen molar-refractivity contribution in [1.29, 1.82) is 0 Å². The molecule has 20 heavy (non-hydrogen) atoms. The lowest BCUT2D eigenvalue weighted by Crippen LogP contribution is -2.33. The number of carbonyl (C=O) groups excluding carboxylic acids is 1. The zero-order chi connectivity index (χ0) is 14.4. The minimum Gasteiger partial charge on any atom is -0.396 e. The minimum atomic E-state index is -0.159. The molecule has 4 heteroatoms. The molecule has 0 fully saturated rings. The number of amides is 2. The molecule has 0 aliphatic heterocycles. The number of benzene rings is 1. The Labute approximate surface area is 120 Å². The first kappa shape index (κ1) is 14.9. The molecule has 4 nitrogen and oxygen atoms in total. The summed E-state index contributed by atoms with van der Waals surface area (Å²) in [7, 11) is 0. The van der Waals surface area contributed by atoms with Gasteiger partial charge in [-0.15, -0.1) is 0 Å². The monoisotopic (exact) mass is 276 g/mol. The largest absolute Gasteiger partial charge is 0.396 e. The topological polar surface area (TPSA) is 61.4 Å². The van der Waals surface area contributed by atoms with Crippen LogP contribution in [0.5, 0.6) is 0 Å². The van der Waals surface area contributed by atoms with Crippen molar-refractivity contribution in [1.82, 2.24) is 5.32 Å². The van der Waals surface area contributed by atoms with Crippen LogP contribution in [0.2, 0.25) is 0 Å². The van der Waals surface area contributed by atoms with Crippen LogP contribution in [0.15, 0.2) is 18.2 Å². The number of fused-ring (bicyclic) bond motifs is 1. The van der Waals surface area contributed by atoms with E-state index in [0.717, 1.165) is 18.5 Å². The van der Waals surface area contributed by atoms with Crippen molar-refractivity contribution in [3.8, 4) is 0 Å². The Kier molecular flexibility index (Phi) is 5.41. The van der Waals surface area contributed by atoms with Crippen LogP contribution < -0.4 is 10.6 Å². The maximum Gasteiger partial charge on any atom is 0.319 e. The van der Waals surface area contributed by atoms with Crippen molar-refractivity contribution in [2.24, 2.45) is 5.92 Å². The van der Waals surface area contributed by atoms with Gasteiger partial charge in [0, 0.05) is 18.8 Å². The average molecular weight is 276 g/mol. The summed E-state index contributed by atoms with van der Waals surface area (Å²) < 4.78 is 0. The fraction of sp³-hybridized carbons (Fsp3) is 0.562. The third-order valence-electron chi connectivity index (χ3n) is 3.88. The van der Waals surface area contributed by atoms with Gasteiger partial charge in [0.05, 0.1) is 0 Å². The number of nitrogens with one attached hydrogen (secondary N) is 2. The maximum absolute atomic E-state index is 11.9. The molecule has 0 bridgehead atoms. The Morgan fingerprint density at radius 1 is 1.35 bits per heavy atom. The smallest absolute Gasteiger partial charge is 0.319 e. The van der Waals surface area contributed by atoms with Crippen molar-refractivity contribution < 1.29 is 9.90 Å². The van der Waals surface area contributed by atoms with Gasteiger partial charge in [-0.3, -0.25) is 0 Å². The molecule has 0 saturated heterocycles. The normalized spacial score (nSPS) is 15.3. The summed E-state index contributed by atoms with van der Waals surface area (Å²) in [5.41, 5.74) is 3.59. The van der Waals surface area contributed by atoms with E-state index < -0.39 is 0 Å². The van der Waals surface area contributed by atoms with Crippen LogP contribution in [0.4, 0.5) is 10.5 Å². The fourth-order valence-corrected chi connectivity index (χ4v) is 2.65. The number of carbonyl (C=O) groups is 1. The molecule has 2 rings (SSSR count). The van der Waals surface area contributed by atoms with Gasteiger partial charge in [-0.2, -0.15) is 0 Å². The number of aliphatic hydroxyl groups is 1. The molecule has 1 aliphatic carbocycles. The van der Waals surface area contributed by atoms with Crippen molar-refractivity contribution >= 4 is 11.7 Å². The summed E-state index contributed by atoms with van der Waals surface area (Å²) in [6.07, 6.45) is 5.30. The number of rotatable bonds is 5. The quantitative estimate of drug-likeness (QED) is 0.774. The highest BCUT2D eigenvalue weighted by Gasteiger charge is 2.14. The lowest BCUT2D eigenvalue weighted by Gasteiger charge is -2.20. The van der Waals surface area contributed by atoms with Crippen LogP contribution in [0.1, 0.15) is 37.3 Å². The molecule has 0 heterocycles. The molecule has 0 saturated carbocycles. The number of anilines is 1. The van der Waals surface area contributed by atoms with E-state index in [4.69, 9.17) is 5.11 Å². The van der Waals surface area contributed by atoms with Crippen LogP contribution in [0, 0.1) is 5.92 Å². The lowest BCUT2D eigenvalue weighted by atomic mass is 9.90. The van der Waals surface area contributed by atoms with Gasteiger partial charge in [0.1, 0.15) is 0 Å². The van der Waals surface area contributed by atoms with Crippen LogP contribution in [-0.2, 0) is 12.8 Å². The first-order valence-corrected chi connectivity index (χ1v) is 7.47. The van der Waals surface area contributed by atoms with Crippen molar-refractivity contribution in [2.75, 3.05) is 18.5 Å². The standard InChI is InChI=1S/C16H24N2O2/c1-12(9-10-19)11-17-16(20)18-15-8-4-6-13-5-2-3-7-14(13)15/h4,6,8,12,19H,2-3,5,7,9-11H2,1H3,(H2,17,18,20). The van der Waals surface area contributed by atoms with Gasteiger partial charge in [-0.05, 0) is 55.2 Å². The van der Waals surface area contributed by atoms with E-state index in [2.05, 4.69) is 16.7 Å². The van der Waals surface area contributed by atoms with Gasteiger partial charge >= 0.3 is 6.03 Å². The third kappa shape index (κ3) is 3.97. The minimum absolute atomic E-state index is 0.159. The van der Waals surface area contributed by atoms with Gasteiger partial charge < -0.3 is 15.7 Å². The third-order valence-corrected chi connectivity index (χ3v) is 3.88. The first-order chi connectivity index (χ1) is 9.70. The molecule has 110 valence electrons.